The molecular formula is C26H36N2O5S. The van der Waals surface area contributed by atoms with E-state index in [0.29, 0.717) is 24.8 Å². The van der Waals surface area contributed by atoms with E-state index in [1.165, 1.54) is 23.5 Å². The van der Waals surface area contributed by atoms with Crippen LogP contribution in [-0.4, -0.2) is 45.9 Å². The maximum Gasteiger partial charge on any atom is 0.255 e. The number of ether oxygens (including phenoxy) is 2. The number of nitrogens with zero attached hydrogens (tertiary/aromatic N) is 1. The summed E-state index contributed by atoms with van der Waals surface area (Å²) in [6.07, 6.45) is 4.49. The van der Waals surface area contributed by atoms with Crippen molar-refractivity contribution in [1.29, 1.82) is 0 Å². The molecule has 1 heterocycles. The molecule has 0 bridgehead atoms. The van der Waals surface area contributed by atoms with Gasteiger partial charge in [0, 0.05) is 13.1 Å². The van der Waals surface area contributed by atoms with Crippen molar-refractivity contribution in [3.63, 3.8) is 0 Å². The fourth-order valence-corrected chi connectivity index (χ4v) is 5.82. The Bertz CT molecular complexity index is 1060. The Morgan fingerprint density at radius 1 is 0.971 bits per heavy atom. The number of hydrogen-bond donors (Lipinski definition) is 1. The van der Waals surface area contributed by atoms with Gasteiger partial charge >= 0.3 is 0 Å². The van der Waals surface area contributed by atoms with Crippen LogP contribution in [0.25, 0.3) is 0 Å². The molecule has 7 nitrogen and oxygen atoms in total. The summed E-state index contributed by atoms with van der Waals surface area (Å²) in [5.41, 5.74) is 1.16. The number of amides is 1. The summed E-state index contributed by atoms with van der Waals surface area (Å²) in [5, 5.41) is 3.09. The van der Waals surface area contributed by atoms with Crippen LogP contribution in [0, 0.1) is 5.92 Å². The van der Waals surface area contributed by atoms with Gasteiger partial charge < -0.3 is 14.8 Å². The lowest BCUT2D eigenvalue weighted by Crippen LogP contribution is -2.33. The van der Waals surface area contributed by atoms with Crippen LogP contribution in [0.15, 0.2) is 47.4 Å². The van der Waals surface area contributed by atoms with E-state index in [0.717, 1.165) is 43.4 Å². The molecule has 0 aromatic heterocycles. The normalized spacial score (nSPS) is 16.0. The van der Waals surface area contributed by atoms with E-state index in [2.05, 4.69) is 19.2 Å². The number of methoxy groups -OCH3 is 2. The summed E-state index contributed by atoms with van der Waals surface area (Å²) < 4.78 is 38.8. The maximum absolute atomic E-state index is 13.4. The first-order chi connectivity index (χ1) is 16.3. The Hall–Kier alpha value is -2.58. The van der Waals surface area contributed by atoms with Crippen LogP contribution in [0.5, 0.6) is 11.5 Å². The van der Waals surface area contributed by atoms with Gasteiger partial charge in [-0.1, -0.05) is 38.8 Å². The zero-order valence-electron chi connectivity index (χ0n) is 20.5. The van der Waals surface area contributed by atoms with Crippen molar-refractivity contribution in [2.24, 2.45) is 5.92 Å². The minimum absolute atomic E-state index is 0.116. The Kier molecular flexibility index (Phi) is 8.97. The third-order valence-corrected chi connectivity index (χ3v) is 8.04. The number of nitrogens with one attached hydrogen (secondary N) is 1. The molecule has 0 saturated carbocycles. The molecule has 1 amide bonds. The highest BCUT2D eigenvalue weighted by Gasteiger charge is 2.28. The zero-order chi connectivity index (χ0) is 24.7. The van der Waals surface area contributed by atoms with Crippen LogP contribution in [-0.2, 0) is 10.0 Å². The van der Waals surface area contributed by atoms with Gasteiger partial charge in [-0.15, -0.1) is 0 Å². The molecule has 0 spiro atoms. The van der Waals surface area contributed by atoms with Gasteiger partial charge in [0.1, 0.15) is 11.5 Å². The molecule has 2 aromatic carbocycles. The second-order valence-corrected chi connectivity index (χ2v) is 11.0. The summed E-state index contributed by atoms with van der Waals surface area (Å²) in [7, 11) is -0.601. The summed E-state index contributed by atoms with van der Waals surface area (Å²) in [6, 6.07) is 11.9. The summed E-state index contributed by atoms with van der Waals surface area (Å²) in [5.74, 6) is 1.05. The Morgan fingerprint density at radius 2 is 1.62 bits per heavy atom. The fraction of sp³-hybridized carbons (Fsp3) is 0.500. The van der Waals surface area contributed by atoms with Crippen LogP contribution in [0.3, 0.4) is 0 Å². The predicted molar refractivity (Wildman–Crippen MR) is 133 cm³/mol. The van der Waals surface area contributed by atoms with Gasteiger partial charge in [0.25, 0.3) is 5.91 Å². The van der Waals surface area contributed by atoms with E-state index in [-0.39, 0.29) is 22.4 Å². The van der Waals surface area contributed by atoms with Crippen molar-refractivity contribution in [3.8, 4) is 11.5 Å². The average molecular weight is 489 g/mol. The predicted octanol–water partition coefficient (Wildman–Crippen LogP) is 4.79. The van der Waals surface area contributed by atoms with Crippen LogP contribution in [0.2, 0.25) is 0 Å². The molecule has 0 aliphatic carbocycles. The largest absolute Gasteiger partial charge is 0.497 e. The molecule has 0 unspecified atom stereocenters. The molecule has 1 fully saturated rings. The van der Waals surface area contributed by atoms with Gasteiger partial charge in [-0.3, -0.25) is 4.79 Å². The fourth-order valence-electron chi connectivity index (χ4n) is 4.28. The van der Waals surface area contributed by atoms with Crippen molar-refractivity contribution in [2.75, 3.05) is 27.3 Å². The van der Waals surface area contributed by atoms with E-state index in [1.807, 2.05) is 24.3 Å². The lowest BCUT2D eigenvalue weighted by atomic mass is 9.96. The van der Waals surface area contributed by atoms with E-state index in [1.54, 1.807) is 13.2 Å². The number of rotatable bonds is 9. The highest BCUT2D eigenvalue weighted by atomic mass is 32.2. The zero-order valence-corrected chi connectivity index (χ0v) is 21.4. The third kappa shape index (κ3) is 6.30. The van der Waals surface area contributed by atoms with E-state index in [4.69, 9.17) is 9.47 Å². The smallest absolute Gasteiger partial charge is 0.255 e. The summed E-state index contributed by atoms with van der Waals surface area (Å²) in [6.45, 7) is 5.20. The maximum atomic E-state index is 13.4. The van der Waals surface area contributed by atoms with Gasteiger partial charge in [-0.05, 0) is 61.1 Å². The van der Waals surface area contributed by atoms with Crippen LogP contribution < -0.4 is 14.8 Å². The molecular weight excluding hydrogens is 452 g/mol. The molecule has 8 heteroatoms. The summed E-state index contributed by atoms with van der Waals surface area (Å²) >= 11 is 0. The topological polar surface area (TPSA) is 84.9 Å². The Morgan fingerprint density at radius 3 is 2.18 bits per heavy atom. The minimum atomic E-state index is -3.69. The molecule has 1 saturated heterocycles. The monoisotopic (exact) mass is 488 g/mol. The van der Waals surface area contributed by atoms with Crippen molar-refractivity contribution in [2.45, 2.75) is 56.9 Å². The van der Waals surface area contributed by atoms with Gasteiger partial charge in [-0.25, -0.2) is 8.42 Å². The van der Waals surface area contributed by atoms with Crippen molar-refractivity contribution >= 4 is 15.9 Å². The second kappa shape index (κ2) is 11.7. The van der Waals surface area contributed by atoms with E-state index >= 15 is 0 Å². The number of hydrogen-bond acceptors (Lipinski definition) is 5. The van der Waals surface area contributed by atoms with E-state index in [9.17, 15) is 13.2 Å². The number of sulfonamides is 1. The van der Waals surface area contributed by atoms with Crippen molar-refractivity contribution in [3.05, 3.63) is 53.6 Å². The molecule has 3 rings (SSSR count). The van der Waals surface area contributed by atoms with Crippen molar-refractivity contribution in [1.82, 2.24) is 9.62 Å². The Labute approximate surface area is 203 Å². The van der Waals surface area contributed by atoms with Crippen LogP contribution in [0.4, 0.5) is 0 Å². The number of carbonyl (C=O) groups excluding carboxylic acids is 1. The van der Waals surface area contributed by atoms with Crippen LogP contribution in [0.1, 0.15) is 67.9 Å². The van der Waals surface area contributed by atoms with E-state index < -0.39 is 10.0 Å². The quantitative estimate of drug-likeness (QED) is 0.549. The molecule has 1 atom stereocenters. The molecule has 186 valence electrons. The lowest BCUT2D eigenvalue weighted by molar-refractivity contribution is 0.0928. The van der Waals surface area contributed by atoms with Gasteiger partial charge in [0.05, 0.1) is 30.7 Å². The Balaban J connectivity index is 1.90. The van der Waals surface area contributed by atoms with Gasteiger partial charge in [-0.2, -0.15) is 4.31 Å². The third-order valence-electron chi connectivity index (χ3n) is 6.15. The van der Waals surface area contributed by atoms with Crippen molar-refractivity contribution < 1.29 is 22.7 Å². The standard InChI is InChI=1S/C26H36N2O5S/c1-19(2)17-24(20-9-11-21(32-3)12-10-20)27-26(29)23-18-22(13-14-25(23)33-4)34(30,31)28-15-7-5-6-8-16-28/h9-14,18-19,24H,5-8,15-17H2,1-4H3,(H,27,29)/t24-/m0/s1. The number of benzene rings is 2. The van der Waals surface area contributed by atoms with Gasteiger partial charge in [0.15, 0.2) is 0 Å². The van der Waals surface area contributed by atoms with Crippen LogP contribution >= 0.6 is 0 Å². The van der Waals surface area contributed by atoms with Gasteiger partial charge in [0.2, 0.25) is 10.0 Å². The first kappa shape index (κ1) is 26.0. The lowest BCUT2D eigenvalue weighted by Gasteiger charge is -2.23. The summed E-state index contributed by atoms with van der Waals surface area (Å²) in [4.78, 5) is 13.5. The first-order valence-electron chi connectivity index (χ1n) is 11.9. The molecule has 2 aromatic rings. The molecule has 1 N–H and O–H groups in total. The highest BCUT2D eigenvalue weighted by molar-refractivity contribution is 7.89. The highest BCUT2D eigenvalue weighted by Crippen LogP contribution is 2.28. The first-order valence-corrected chi connectivity index (χ1v) is 13.3. The molecule has 0 radical (unpaired) electrons. The minimum Gasteiger partial charge on any atom is -0.497 e. The second-order valence-electron chi connectivity index (χ2n) is 9.11. The number of carbonyl (C=O) groups is 1. The molecule has 34 heavy (non-hydrogen) atoms. The average Bonchev–Trinajstić information content (AvgIpc) is 3.13. The molecule has 1 aliphatic heterocycles. The molecule has 1 aliphatic rings. The SMILES string of the molecule is COc1ccc([C@H](CC(C)C)NC(=O)c2cc(S(=O)(=O)N3CCCCCC3)ccc2OC)cc1.